The Bertz CT molecular complexity index is 1490. The lowest BCUT2D eigenvalue weighted by Gasteiger charge is -2.28. The molecule has 0 saturated carbocycles. The number of carbonyl (C=O) groups is 2. The molecule has 1 amide bonds. The van der Waals surface area contributed by atoms with Gasteiger partial charge in [0.15, 0.2) is 0 Å². The Kier molecular flexibility index (Phi) is 6.20. The van der Waals surface area contributed by atoms with Gasteiger partial charge in [-0.05, 0) is 53.4 Å². The molecule has 186 valence electrons. The second-order valence-electron chi connectivity index (χ2n) is 9.18. The fourth-order valence-electron chi connectivity index (χ4n) is 4.85. The third-order valence-electron chi connectivity index (χ3n) is 6.63. The summed E-state index contributed by atoms with van der Waals surface area (Å²) in [5.74, 6) is -0.939. The van der Waals surface area contributed by atoms with Gasteiger partial charge in [-0.25, -0.2) is 9.18 Å². The van der Waals surface area contributed by atoms with E-state index >= 15 is 0 Å². The number of esters is 1. The van der Waals surface area contributed by atoms with Crippen molar-refractivity contribution in [3.05, 3.63) is 117 Å². The van der Waals surface area contributed by atoms with E-state index in [4.69, 9.17) is 4.74 Å². The molecule has 0 spiro atoms. The molecular weight excluding hydrogens is 489 g/mol. The van der Waals surface area contributed by atoms with Crippen molar-refractivity contribution in [3.63, 3.8) is 0 Å². The van der Waals surface area contributed by atoms with Crippen molar-refractivity contribution in [3.8, 4) is 5.75 Å². The standard InChI is InChI=1S/C29H24FN3O3S/c30-21-10-4-9-20(14-21)29(35)36-22-11-5-8-19(15-22)26-31-27(34)25-23-12-13-33(16-18-6-2-1-3-7-18)17-24(23)37-28(25)32-26/h1-11,14-15,26,32H,12-13,16-17H2,(H,31,34). The smallest absolute Gasteiger partial charge is 0.343 e. The molecule has 6 rings (SSSR count). The van der Waals surface area contributed by atoms with Crippen molar-refractivity contribution >= 4 is 28.2 Å². The normalized spacial score (nSPS) is 16.8. The second kappa shape index (κ2) is 9.80. The van der Waals surface area contributed by atoms with Crippen LogP contribution in [0, 0.1) is 5.82 Å². The van der Waals surface area contributed by atoms with Gasteiger partial charge in [-0.15, -0.1) is 11.3 Å². The van der Waals surface area contributed by atoms with E-state index in [1.54, 1.807) is 29.5 Å². The summed E-state index contributed by atoms with van der Waals surface area (Å²) >= 11 is 1.63. The van der Waals surface area contributed by atoms with E-state index in [2.05, 4.69) is 39.8 Å². The molecule has 1 unspecified atom stereocenters. The van der Waals surface area contributed by atoms with E-state index < -0.39 is 18.0 Å². The van der Waals surface area contributed by atoms with Gasteiger partial charge in [0.1, 0.15) is 22.7 Å². The third-order valence-corrected chi connectivity index (χ3v) is 7.77. The number of nitrogens with zero attached hydrogens (tertiary/aromatic N) is 1. The fraction of sp³-hybridized carbons (Fsp3) is 0.172. The Morgan fingerprint density at radius 1 is 1.03 bits per heavy atom. The van der Waals surface area contributed by atoms with Gasteiger partial charge in [0, 0.05) is 24.5 Å². The zero-order valence-electron chi connectivity index (χ0n) is 19.9. The molecule has 6 nitrogen and oxygen atoms in total. The Balaban J connectivity index is 1.18. The van der Waals surface area contributed by atoms with Crippen molar-refractivity contribution in [2.24, 2.45) is 0 Å². The van der Waals surface area contributed by atoms with Gasteiger partial charge >= 0.3 is 5.97 Å². The number of nitrogens with one attached hydrogen (secondary N) is 2. The number of rotatable bonds is 5. The van der Waals surface area contributed by atoms with Gasteiger partial charge in [-0.1, -0.05) is 48.5 Å². The SMILES string of the molecule is O=C(Oc1cccc(C2NC(=O)c3c(sc4c3CCN(Cc3ccccc3)C4)N2)c1)c1cccc(F)c1. The Labute approximate surface area is 217 Å². The zero-order valence-corrected chi connectivity index (χ0v) is 20.7. The molecular formula is C29H24FN3O3S. The van der Waals surface area contributed by atoms with Crippen LogP contribution in [-0.4, -0.2) is 23.3 Å². The van der Waals surface area contributed by atoms with Gasteiger partial charge in [-0.3, -0.25) is 9.69 Å². The third kappa shape index (κ3) is 4.85. The van der Waals surface area contributed by atoms with Crippen molar-refractivity contribution in [2.45, 2.75) is 25.7 Å². The van der Waals surface area contributed by atoms with Gasteiger partial charge in [0.2, 0.25) is 0 Å². The first-order valence-corrected chi connectivity index (χ1v) is 12.9. The predicted molar refractivity (Wildman–Crippen MR) is 140 cm³/mol. The van der Waals surface area contributed by atoms with Crippen LogP contribution in [0.3, 0.4) is 0 Å². The molecule has 37 heavy (non-hydrogen) atoms. The highest BCUT2D eigenvalue weighted by atomic mass is 32.1. The second-order valence-corrected chi connectivity index (χ2v) is 10.3. The van der Waals surface area contributed by atoms with Crippen molar-refractivity contribution in [2.75, 3.05) is 11.9 Å². The number of benzene rings is 3. The molecule has 0 aliphatic carbocycles. The molecule has 3 heterocycles. The molecule has 0 bridgehead atoms. The molecule has 2 aliphatic rings. The van der Waals surface area contributed by atoms with Crippen molar-refractivity contribution in [1.29, 1.82) is 0 Å². The molecule has 0 saturated heterocycles. The van der Waals surface area contributed by atoms with Crippen LogP contribution in [-0.2, 0) is 19.5 Å². The van der Waals surface area contributed by atoms with Crippen molar-refractivity contribution < 1.29 is 18.7 Å². The lowest BCUT2D eigenvalue weighted by atomic mass is 10.00. The molecule has 8 heteroatoms. The van der Waals surface area contributed by atoms with Crippen LogP contribution in [0.2, 0.25) is 0 Å². The maximum atomic E-state index is 13.5. The van der Waals surface area contributed by atoms with Crippen molar-refractivity contribution in [1.82, 2.24) is 10.2 Å². The minimum Gasteiger partial charge on any atom is -0.423 e. The molecule has 2 N–H and O–H groups in total. The number of anilines is 1. The lowest BCUT2D eigenvalue weighted by Crippen LogP contribution is -2.38. The van der Waals surface area contributed by atoms with E-state index in [1.807, 2.05) is 12.1 Å². The summed E-state index contributed by atoms with van der Waals surface area (Å²) in [5.41, 5.74) is 4.03. The highest BCUT2D eigenvalue weighted by Gasteiger charge is 2.33. The summed E-state index contributed by atoms with van der Waals surface area (Å²) < 4.78 is 18.9. The van der Waals surface area contributed by atoms with Gasteiger partial charge in [-0.2, -0.15) is 0 Å². The largest absolute Gasteiger partial charge is 0.423 e. The number of fused-ring (bicyclic) bond motifs is 3. The highest BCUT2D eigenvalue weighted by Crippen LogP contribution is 2.41. The minimum absolute atomic E-state index is 0.102. The van der Waals surface area contributed by atoms with Gasteiger partial charge in [0.05, 0.1) is 11.1 Å². The van der Waals surface area contributed by atoms with Crippen LogP contribution in [0.4, 0.5) is 9.39 Å². The zero-order chi connectivity index (χ0) is 25.4. The quantitative estimate of drug-likeness (QED) is 0.272. The highest BCUT2D eigenvalue weighted by molar-refractivity contribution is 7.16. The summed E-state index contributed by atoms with van der Waals surface area (Å²) in [6.07, 6.45) is 0.368. The number of carbonyl (C=O) groups excluding carboxylic acids is 2. The average molecular weight is 514 g/mol. The van der Waals surface area contributed by atoms with E-state index in [-0.39, 0.29) is 11.5 Å². The average Bonchev–Trinajstić information content (AvgIpc) is 3.27. The molecule has 0 fully saturated rings. The topological polar surface area (TPSA) is 70.7 Å². The number of halogens is 1. The summed E-state index contributed by atoms with van der Waals surface area (Å²) in [6, 6.07) is 22.8. The first-order chi connectivity index (χ1) is 18.0. The predicted octanol–water partition coefficient (Wildman–Crippen LogP) is 5.52. The number of ether oxygens (including phenoxy) is 1. The Hall–Kier alpha value is -4.01. The lowest BCUT2D eigenvalue weighted by molar-refractivity contribution is 0.0733. The van der Waals surface area contributed by atoms with Crippen LogP contribution in [0.25, 0.3) is 0 Å². The summed E-state index contributed by atoms with van der Waals surface area (Å²) in [7, 11) is 0. The summed E-state index contributed by atoms with van der Waals surface area (Å²) in [6.45, 7) is 2.60. The number of amides is 1. The van der Waals surface area contributed by atoms with Crippen LogP contribution in [0.1, 0.15) is 48.4 Å². The summed E-state index contributed by atoms with van der Waals surface area (Å²) in [5, 5.41) is 7.38. The molecule has 2 aliphatic heterocycles. The first kappa shape index (κ1) is 23.4. The number of hydrogen-bond donors (Lipinski definition) is 2. The van der Waals surface area contributed by atoms with Crippen LogP contribution in [0.15, 0.2) is 78.9 Å². The maximum absolute atomic E-state index is 13.5. The van der Waals surface area contributed by atoms with Gasteiger partial charge in [0.25, 0.3) is 5.91 Å². The maximum Gasteiger partial charge on any atom is 0.343 e. The molecule has 3 aromatic carbocycles. The van der Waals surface area contributed by atoms with E-state index in [0.29, 0.717) is 5.75 Å². The monoisotopic (exact) mass is 513 g/mol. The Morgan fingerprint density at radius 3 is 2.70 bits per heavy atom. The molecule has 0 radical (unpaired) electrons. The van der Waals surface area contributed by atoms with E-state index in [0.717, 1.165) is 53.8 Å². The van der Waals surface area contributed by atoms with Crippen LogP contribution < -0.4 is 15.4 Å². The molecule has 1 aromatic heterocycles. The van der Waals surface area contributed by atoms with Gasteiger partial charge < -0.3 is 15.4 Å². The fourth-order valence-corrected chi connectivity index (χ4v) is 6.17. The minimum atomic E-state index is -0.648. The first-order valence-electron chi connectivity index (χ1n) is 12.1. The molecule has 4 aromatic rings. The van der Waals surface area contributed by atoms with Crippen LogP contribution in [0.5, 0.6) is 5.75 Å². The number of thiophene rings is 1. The van der Waals surface area contributed by atoms with E-state index in [9.17, 15) is 14.0 Å². The summed E-state index contributed by atoms with van der Waals surface area (Å²) in [4.78, 5) is 29.2. The molecule has 1 atom stereocenters. The Morgan fingerprint density at radius 2 is 1.86 bits per heavy atom. The number of hydrogen-bond acceptors (Lipinski definition) is 6. The van der Waals surface area contributed by atoms with E-state index in [1.165, 1.54) is 28.6 Å². The van der Waals surface area contributed by atoms with Crippen LogP contribution >= 0.6 is 11.3 Å².